The highest BCUT2D eigenvalue weighted by Gasteiger charge is 2.23. The van der Waals surface area contributed by atoms with Crippen LogP contribution in [0.4, 0.5) is 5.82 Å². The topological polar surface area (TPSA) is 90.7 Å². The van der Waals surface area contributed by atoms with Crippen molar-refractivity contribution in [3.05, 3.63) is 23.9 Å². The Balaban J connectivity index is 2.95. The number of anilines is 1. The van der Waals surface area contributed by atoms with Crippen molar-refractivity contribution in [3.8, 4) is 0 Å². The predicted octanol–water partition coefficient (Wildman–Crippen LogP) is 0.791. The Morgan fingerprint density at radius 3 is 2.35 bits per heavy atom. The van der Waals surface area contributed by atoms with Crippen LogP contribution in [0.15, 0.2) is 18.3 Å². The van der Waals surface area contributed by atoms with Crippen molar-refractivity contribution < 1.29 is 19.8 Å². The number of hydrogen-bond acceptors (Lipinski definition) is 4. The molecule has 0 aromatic carbocycles. The van der Waals surface area contributed by atoms with Crippen LogP contribution in [-0.4, -0.2) is 41.2 Å². The van der Waals surface area contributed by atoms with Gasteiger partial charge in [-0.2, -0.15) is 0 Å². The minimum absolute atomic E-state index is 0.394. The summed E-state index contributed by atoms with van der Waals surface area (Å²) in [4.78, 5) is 27.4. The third-order valence-corrected chi connectivity index (χ3v) is 2.31. The van der Waals surface area contributed by atoms with E-state index in [0.717, 1.165) is 0 Å². The fourth-order valence-electron chi connectivity index (χ4n) is 1.39. The summed E-state index contributed by atoms with van der Waals surface area (Å²) in [5, 5.41) is 17.6. The van der Waals surface area contributed by atoms with E-state index >= 15 is 0 Å². The Hall–Kier alpha value is -2.11. The Bertz CT molecular complexity index is 414. The smallest absolute Gasteiger partial charge is 0.311 e. The van der Waals surface area contributed by atoms with Crippen molar-refractivity contribution >= 4 is 17.8 Å². The van der Waals surface area contributed by atoms with Crippen LogP contribution < -0.4 is 4.90 Å². The van der Waals surface area contributed by atoms with Gasteiger partial charge in [-0.25, -0.2) is 4.98 Å². The average molecular weight is 238 g/mol. The van der Waals surface area contributed by atoms with Gasteiger partial charge in [-0.3, -0.25) is 9.59 Å². The van der Waals surface area contributed by atoms with Gasteiger partial charge >= 0.3 is 11.9 Å². The van der Waals surface area contributed by atoms with E-state index in [4.69, 9.17) is 10.2 Å². The molecule has 0 fully saturated rings. The SMILES string of the molecule is CN(C)c1ccc(C(CC(=O)O)C(=O)O)cn1. The maximum absolute atomic E-state index is 11.0. The average Bonchev–Trinajstić information content (AvgIpc) is 2.25. The van der Waals surface area contributed by atoms with Gasteiger partial charge in [0.15, 0.2) is 0 Å². The Morgan fingerprint density at radius 2 is 2.00 bits per heavy atom. The molecule has 6 nitrogen and oxygen atoms in total. The first kappa shape index (κ1) is 13.0. The number of pyridine rings is 1. The Kier molecular flexibility index (Phi) is 4.03. The first-order chi connectivity index (χ1) is 7.91. The van der Waals surface area contributed by atoms with Crippen molar-refractivity contribution in [2.24, 2.45) is 0 Å². The molecule has 0 aliphatic rings. The summed E-state index contributed by atoms with van der Waals surface area (Å²) in [6.07, 6.45) is 0.954. The molecule has 1 aromatic rings. The van der Waals surface area contributed by atoms with E-state index in [1.807, 2.05) is 14.1 Å². The first-order valence-electron chi connectivity index (χ1n) is 4.99. The standard InChI is InChI=1S/C11H14N2O4/c1-13(2)9-4-3-7(6-12-9)8(11(16)17)5-10(14)15/h3-4,6,8H,5H2,1-2H3,(H,14,15)(H,16,17). The highest BCUT2D eigenvalue weighted by molar-refractivity contribution is 5.82. The molecule has 0 spiro atoms. The van der Waals surface area contributed by atoms with Gasteiger partial charge in [0.2, 0.25) is 0 Å². The first-order valence-corrected chi connectivity index (χ1v) is 4.99. The van der Waals surface area contributed by atoms with Gasteiger partial charge in [0, 0.05) is 20.3 Å². The minimum atomic E-state index is -1.16. The molecular formula is C11H14N2O4. The van der Waals surface area contributed by atoms with Crippen molar-refractivity contribution in [3.63, 3.8) is 0 Å². The molecule has 0 saturated heterocycles. The van der Waals surface area contributed by atoms with Crippen LogP contribution in [0.3, 0.4) is 0 Å². The van der Waals surface area contributed by atoms with Crippen molar-refractivity contribution in [2.45, 2.75) is 12.3 Å². The molecule has 0 aliphatic carbocycles. The van der Waals surface area contributed by atoms with Crippen LogP contribution in [0.1, 0.15) is 17.9 Å². The quantitative estimate of drug-likeness (QED) is 0.788. The second kappa shape index (κ2) is 5.29. The van der Waals surface area contributed by atoms with Crippen LogP contribution in [0, 0.1) is 0 Å². The van der Waals surface area contributed by atoms with Crippen molar-refractivity contribution in [1.82, 2.24) is 4.98 Å². The van der Waals surface area contributed by atoms with E-state index in [-0.39, 0.29) is 0 Å². The van der Waals surface area contributed by atoms with Gasteiger partial charge < -0.3 is 15.1 Å². The van der Waals surface area contributed by atoms with E-state index in [0.29, 0.717) is 11.4 Å². The lowest BCUT2D eigenvalue weighted by Gasteiger charge is -2.13. The molecule has 0 amide bonds. The van der Waals surface area contributed by atoms with Crippen LogP contribution in [0.5, 0.6) is 0 Å². The van der Waals surface area contributed by atoms with E-state index < -0.39 is 24.3 Å². The molecule has 6 heteroatoms. The zero-order chi connectivity index (χ0) is 13.0. The third kappa shape index (κ3) is 3.44. The summed E-state index contributed by atoms with van der Waals surface area (Å²) in [5.74, 6) is -2.68. The molecule has 92 valence electrons. The molecule has 0 bridgehead atoms. The number of aliphatic carboxylic acids is 2. The lowest BCUT2D eigenvalue weighted by Crippen LogP contribution is -2.17. The van der Waals surface area contributed by atoms with E-state index in [1.165, 1.54) is 6.20 Å². The highest BCUT2D eigenvalue weighted by atomic mass is 16.4. The monoisotopic (exact) mass is 238 g/mol. The van der Waals surface area contributed by atoms with Crippen LogP contribution >= 0.6 is 0 Å². The number of hydrogen-bond donors (Lipinski definition) is 2. The molecule has 1 atom stereocenters. The summed E-state index contributed by atoms with van der Waals surface area (Å²) in [6, 6.07) is 3.25. The number of aromatic nitrogens is 1. The summed E-state index contributed by atoms with van der Waals surface area (Å²) in [5.41, 5.74) is 0.394. The maximum Gasteiger partial charge on any atom is 0.311 e. The number of nitrogens with zero attached hydrogens (tertiary/aromatic N) is 2. The Labute approximate surface area is 98.5 Å². The van der Waals surface area contributed by atoms with Crippen LogP contribution in [0.2, 0.25) is 0 Å². The molecule has 1 unspecified atom stereocenters. The van der Waals surface area contributed by atoms with Gasteiger partial charge in [0.1, 0.15) is 5.82 Å². The fraction of sp³-hybridized carbons (Fsp3) is 0.364. The Morgan fingerprint density at radius 1 is 1.35 bits per heavy atom. The molecular weight excluding hydrogens is 224 g/mol. The molecule has 0 saturated carbocycles. The van der Waals surface area contributed by atoms with E-state index in [2.05, 4.69) is 4.98 Å². The van der Waals surface area contributed by atoms with E-state index in [1.54, 1.807) is 17.0 Å². The van der Waals surface area contributed by atoms with Gasteiger partial charge in [-0.1, -0.05) is 6.07 Å². The fourth-order valence-corrected chi connectivity index (χ4v) is 1.39. The van der Waals surface area contributed by atoms with Gasteiger partial charge in [0.25, 0.3) is 0 Å². The predicted molar refractivity (Wildman–Crippen MR) is 61.2 cm³/mol. The second-order valence-electron chi connectivity index (χ2n) is 3.83. The molecule has 1 rings (SSSR count). The van der Waals surface area contributed by atoms with Gasteiger partial charge in [-0.05, 0) is 11.6 Å². The van der Waals surface area contributed by atoms with Crippen LogP contribution in [0.25, 0.3) is 0 Å². The van der Waals surface area contributed by atoms with E-state index in [9.17, 15) is 9.59 Å². The summed E-state index contributed by atoms with van der Waals surface area (Å²) >= 11 is 0. The number of rotatable bonds is 5. The molecule has 2 N–H and O–H groups in total. The lowest BCUT2D eigenvalue weighted by atomic mass is 9.97. The molecule has 1 aromatic heterocycles. The van der Waals surface area contributed by atoms with Crippen molar-refractivity contribution in [1.29, 1.82) is 0 Å². The summed E-state index contributed by atoms with van der Waals surface area (Å²) < 4.78 is 0. The lowest BCUT2D eigenvalue weighted by molar-refractivity contribution is -0.145. The normalized spacial score (nSPS) is 11.9. The van der Waals surface area contributed by atoms with Gasteiger partial charge in [-0.15, -0.1) is 0 Å². The molecule has 0 radical (unpaired) electrons. The zero-order valence-corrected chi connectivity index (χ0v) is 9.62. The number of carboxylic acid groups (broad SMARTS) is 2. The largest absolute Gasteiger partial charge is 0.481 e. The molecule has 1 heterocycles. The molecule has 17 heavy (non-hydrogen) atoms. The minimum Gasteiger partial charge on any atom is -0.481 e. The highest BCUT2D eigenvalue weighted by Crippen LogP contribution is 2.21. The zero-order valence-electron chi connectivity index (χ0n) is 9.62. The third-order valence-electron chi connectivity index (χ3n) is 2.31. The number of carbonyl (C=O) groups is 2. The molecule has 0 aliphatic heterocycles. The second-order valence-corrected chi connectivity index (χ2v) is 3.83. The maximum atomic E-state index is 11.0. The van der Waals surface area contributed by atoms with Crippen molar-refractivity contribution in [2.75, 3.05) is 19.0 Å². The number of carboxylic acids is 2. The summed E-state index contributed by atoms with van der Waals surface area (Å²) in [6.45, 7) is 0. The summed E-state index contributed by atoms with van der Waals surface area (Å²) in [7, 11) is 3.63. The van der Waals surface area contributed by atoms with Crippen LogP contribution in [-0.2, 0) is 9.59 Å². The van der Waals surface area contributed by atoms with Gasteiger partial charge in [0.05, 0.1) is 12.3 Å².